The number of anilines is 1. The molecule has 0 aliphatic rings. The first kappa shape index (κ1) is 16.3. The van der Waals surface area contributed by atoms with Crippen LogP contribution in [0.5, 0.6) is 5.75 Å². The molecule has 3 N–H and O–H groups in total. The molecule has 1 rings (SSSR count). The van der Waals surface area contributed by atoms with E-state index in [1.54, 1.807) is 0 Å². The fourth-order valence-electron chi connectivity index (χ4n) is 1.91. The van der Waals surface area contributed by atoms with Crippen molar-refractivity contribution in [2.75, 3.05) is 18.5 Å². The van der Waals surface area contributed by atoms with Gasteiger partial charge in [-0.3, -0.25) is 0 Å². The van der Waals surface area contributed by atoms with Crippen LogP contribution in [-0.4, -0.2) is 30.4 Å². The number of amides is 2. The highest BCUT2D eigenvalue weighted by atomic mass is 16.5. The molecule has 1 aromatic carbocycles. The summed E-state index contributed by atoms with van der Waals surface area (Å²) in [5, 5.41) is 14.6. The molecular weight excluding hydrogens is 256 g/mol. The molecule has 5 nitrogen and oxygen atoms in total. The van der Waals surface area contributed by atoms with Crippen molar-refractivity contribution in [2.45, 2.75) is 39.7 Å². The third-order valence-electron chi connectivity index (χ3n) is 3.06. The van der Waals surface area contributed by atoms with Crippen LogP contribution in [0.3, 0.4) is 0 Å². The van der Waals surface area contributed by atoms with E-state index in [1.807, 2.05) is 39.0 Å². The number of hydrogen-bond donors (Lipinski definition) is 3. The summed E-state index contributed by atoms with van der Waals surface area (Å²) in [5.74, 6) is 0.794. The second-order valence-corrected chi connectivity index (χ2v) is 4.63. The number of aliphatic hydroxyl groups excluding tert-OH is 1. The number of hydrogen-bond acceptors (Lipinski definition) is 3. The Morgan fingerprint density at radius 1 is 1.40 bits per heavy atom. The van der Waals surface area contributed by atoms with Crippen molar-refractivity contribution in [1.82, 2.24) is 5.32 Å². The van der Waals surface area contributed by atoms with Gasteiger partial charge in [-0.2, -0.15) is 0 Å². The smallest absolute Gasteiger partial charge is 0.319 e. The molecular formula is C15H24N2O3. The van der Waals surface area contributed by atoms with Gasteiger partial charge in [0.2, 0.25) is 0 Å². The number of nitrogens with one attached hydrogen (secondary N) is 2. The zero-order valence-corrected chi connectivity index (χ0v) is 12.4. The van der Waals surface area contributed by atoms with Gasteiger partial charge in [0.05, 0.1) is 6.61 Å². The molecule has 0 saturated heterocycles. The fraction of sp³-hybridized carbons (Fsp3) is 0.533. The van der Waals surface area contributed by atoms with Crippen LogP contribution in [0.1, 0.15) is 32.3 Å². The molecule has 0 aliphatic carbocycles. The van der Waals surface area contributed by atoms with Crippen LogP contribution in [0.25, 0.3) is 0 Å². The van der Waals surface area contributed by atoms with Crippen LogP contribution >= 0.6 is 0 Å². The fourth-order valence-corrected chi connectivity index (χ4v) is 1.91. The van der Waals surface area contributed by atoms with E-state index in [2.05, 4.69) is 10.6 Å². The molecule has 0 aliphatic heterocycles. The number of urea groups is 1. The summed E-state index contributed by atoms with van der Waals surface area (Å²) < 4.78 is 5.40. The van der Waals surface area contributed by atoms with Crippen molar-refractivity contribution < 1.29 is 14.6 Å². The first-order chi connectivity index (χ1) is 9.60. The highest BCUT2D eigenvalue weighted by Crippen LogP contribution is 2.21. The maximum atomic E-state index is 11.9. The van der Waals surface area contributed by atoms with E-state index in [1.165, 1.54) is 0 Å². The molecule has 0 bridgehead atoms. The summed E-state index contributed by atoms with van der Waals surface area (Å²) in [6, 6.07) is 5.29. The third kappa shape index (κ3) is 5.09. The minimum absolute atomic E-state index is 0.0111. The molecule has 20 heavy (non-hydrogen) atoms. The van der Waals surface area contributed by atoms with Crippen molar-refractivity contribution in [3.63, 3.8) is 0 Å². The Hall–Kier alpha value is -1.75. The SMILES string of the molecule is CCOc1ccc(NC(=O)NC(CC)CCO)c(C)c1. The normalized spacial score (nSPS) is 11.8. The van der Waals surface area contributed by atoms with Crippen molar-refractivity contribution in [3.8, 4) is 5.75 Å². The van der Waals surface area contributed by atoms with Crippen LogP contribution in [0.15, 0.2) is 18.2 Å². The average Bonchev–Trinajstić information content (AvgIpc) is 2.41. The van der Waals surface area contributed by atoms with Crippen molar-refractivity contribution in [3.05, 3.63) is 23.8 Å². The summed E-state index contributed by atoms with van der Waals surface area (Å²) in [5.41, 5.74) is 1.70. The zero-order valence-electron chi connectivity index (χ0n) is 12.4. The lowest BCUT2D eigenvalue weighted by atomic mass is 10.1. The number of aryl methyl sites for hydroxylation is 1. The monoisotopic (exact) mass is 280 g/mol. The van der Waals surface area contributed by atoms with Gasteiger partial charge in [0.15, 0.2) is 0 Å². The number of rotatable bonds is 7. The topological polar surface area (TPSA) is 70.6 Å². The van der Waals surface area contributed by atoms with Gasteiger partial charge in [-0.1, -0.05) is 6.92 Å². The summed E-state index contributed by atoms with van der Waals surface area (Å²) >= 11 is 0. The highest BCUT2D eigenvalue weighted by Gasteiger charge is 2.11. The summed E-state index contributed by atoms with van der Waals surface area (Å²) in [4.78, 5) is 11.9. The van der Waals surface area contributed by atoms with Gasteiger partial charge in [0, 0.05) is 18.3 Å². The summed E-state index contributed by atoms with van der Waals surface area (Å²) in [6.45, 7) is 6.51. The Balaban J connectivity index is 2.61. The van der Waals surface area contributed by atoms with E-state index >= 15 is 0 Å². The van der Waals surface area contributed by atoms with Gasteiger partial charge in [-0.05, 0) is 50.5 Å². The Kier molecular flexibility index (Phi) is 6.87. The first-order valence-electron chi connectivity index (χ1n) is 7.02. The lowest BCUT2D eigenvalue weighted by molar-refractivity contribution is 0.237. The molecule has 0 fully saturated rings. The second kappa shape index (κ2) is 8.43. The van der Waals surface area contributed by atoms with Gasteiger partial charge in [-0.25, -0.2) is 4.79 Å². The van der Waals surface area contributed by atoms with Crippen LogP contribution in [-0.2, 0) is 0 Å². The van der Waals surface area contributed by atoms with Crippen LogP contribution in [0.2, 0.25) is 0 Å². The van der Waals surface area contributed by atoms with Crippen LogP contribution in [0.4, 0.5) is 10.5 Å². The molecule has 0 spiro atoms. The van der Waals surface area contributed by atoms with E-state index in [0.717, 1.165) is 23.4 Å². The van der Waals surface area contributed by atoms with E-state index < -0.39 is 0 Å². The first-order valence-corrected chi connectivity index (χ1v) is 7.02. The van der Waals surface area contributed by atoms with Crippen molar-refractivity contribution in [1.29, 1.82) is 0 Å². The molecule has 1 atom stereocenters. The average molecular weight is 280 g/mol. The second-order valence-electron chi connectivity index (χ2n) is 4.63. The lowest BCUT2D eigenvalue weighted by Gasteiger charge is -2.17. The Morgan fingerprint density at radius 3 is 2.70 bits per heavy atom. The number of aliphatic hydroxyl groups is 1. The maximum Gasteiger partial charge on any atom is 0.319 e. The number of carbonyl (C=O) groups excluding carboxylic acids is 1. The molecule has 0 radical (unpaired) electrons. The molecule has 1 aromatic rings. The summed E-state index contributed by atoms with van der Waals surface area (Å²) in [6.07, 6.45) is 1.35. The molecule has 112 valence electrons. The molecule has 2 amide bonds. The van der Waals surface area contributed by atoms with Crippen molar-refractivity contribution >= 4 is 11.7 Å². The largest absolute Gasteiger partial charge is 0.494 e. The predicted octanol–water partition coefficient (Wildman–Crippen LogP) is 2.68. The number of benzene rings is 1. The number of carbonyl (C=O) groups is 1. The highest BCUT2D eigenvalue weighted by molar-refractivity contribution is 5.90. The molecule has 0 saturated carbocycles. The molecule has 1 unspecified atom stereocenters. The van der Waals surface area contributed by atoms with Crippen LogP contribution in [0, 0.1) is 6.92 Å². The minimum Gasteiger partial charge on any atom is -0.494 e. The van der Waals surface area contributed by atoms with Gasteiger partial charge in [0.25, 0.3) is 0 Å². The zero-order chi connectivity index (χ0) is 15.0. The van der Waals surface area contributed by atoms with Gasteiger partial charge in [0.1, 0.15) is 5.75 Å². The van der Waals surface area contributed by atoms with E-state index in [-0.39, 0.29) is 18.7 Å². The molecule has 5 heteroatoms. The van der Waals surface area contributed by atoms with E-state index in [4.69, 9.17) is 9.84 Å². The summed E-state index contributed by atoms with van der Waals surface area (Å²) in [7, 11) is 0. The van der Waals surface area contributed by atoms with Crippen molar-refractivity contribution in [2.24, 2.45) is 0 Å². The molecule has 0 heterocycles. The quantitative estimate of drug-likeness (QED) is 0.719. The van der Waals surface area contributed by atoms with Crippen LogP contribution < -0.4 is 15.4 Å². The standard InChI is InChI=1S/C15H24N2O3/c1-4-12(8-9-18)16-15(19)17-14-7-6-13(20-5-2)10-11(14)3/h6-7,10,12,18H,4-5,8-9H2,1-3H3,(H2,16,17,19). The van der Waals surface area contributed by atoms with E-state index in [0.29, 0.717) is 13.0 Å². The Morgan fingerprint density at radius 2 is 2.15 bits per heavy atom. The lowest BCUT2D eigenvalue weighted by Crippen LogP contribution is -2.38. The minimum atomic E-state index is -0.252. The van der Waals surface area contributed by atoms with Gasteiger partial charge >= 0.3 is 6.03 Å². The maximum absolute atomic E-state index is 11.9. The van der Waals surface area contributed by atoms with E-state index in [9.17, 15) is 4.79 Å². The number of ether oxygens (including phenoxy) is 1. The van der Waals surface area contributed by atoms with Gasteiger partial charge in [-0.15, -0.1) is 0 Å². The Bertz CT molecular complexity index is 435. The van der Waals surface area contributed by atoms with Gasteiger partial charge < -0.3 is 20.5 Å². The Labute approximate surface area is 120 Å². The third-order valence-corrected chi connectivity index (χ3v) is 3.06. The molecule has 0 aromatic heterocycles. The predicted molar refractivity (Wildman–Crippen MR) is 80.3 cm³/mol.